The molecule has 0 aromatic heterocycles. The molecule has 0 spiro atoms. The van der Waals surface area contributed by atoms with Gasteiger partial charge in [-0.2, -0.15) is 0 Å². The lowest BCUT2D eigenvalue weighted by Crippen LogP contribution is -2.49. The number of nitrogens with one attached hydrogen (secondary N) is 1. The summed E-state index contributed by atoms with van der Waals surface area (Å²) in [5, 5.41) is 3.41. The van der Waals surface area contributed by atoms with Crippen molar-refractivity contribution in [1.82, 2.24) is 10.2 Å². The zero-order valence-corrected chi connectivity index (χ0v) is 14.0. The van der Waals surface area contributed by atoms with Gasteiger partial charge in [0.25, 0.3) is 0 Å². The van der Waals surface area contributed by atoms with Gasteiger partial charge in [0, 0.05) is 19.0 Å². The summed E-state index contributed by atoms with van der Waals surface area (Å²) in [6.45, 7) is 3.33. The van der Waals surface area contributed by atoms with Crippen molar-refractivity contribution in [3.63, 3.8) is 0 Å². The van der Waals surface area contributed by atoms with E-state index in [2.05, 4.69) is 10.2 Å². The standard InChI is InChI=1S/C17H30N2O.ClH/c20-17(8-7-14-9-11-18-12-10-14)19-13-3-5-15-4-1-2-6-16(15)19;/h14-16,18H,1-13H2;1H. The maximum Gasteiger partial charge on any atom is 0.222 e. The first kappa shape index (κ1) is 17.1. The third-order valence-corrected chi connectivity index (χ3v) is 5.79. The van der Waals surface area contributed by atoms with Crippen LogP contribution in [0.15, 0.2) is 0 Å². The second-order valence-electron chi connectivity index (χ2n) is 7.07. The summed E-state index contributed by atoms with van der Waals surface area (Å²) >= 11 is 0. The van der Waals surface area contributed by atoms with Gasteiger partial charge >= 0.3 is 0 Å². The summed E-state index contributed by atoms with van der Waals surface area (Å²) in [7, 11) is 0. The van der Waals surface area contributed by atoms with E-state index in [1.165, 1.54) is 51.4 Å². The quantitative estimate of drug-likeness (QED) is 0.866. The molecule has 2 atom stereocenters. The third-order valence-electron chi connectivity index (χ3n) is 5.79. The fourth-order valence-corrected chi connectivity index (χ4v) is 4.58. The topological polar surface area (TPSA) is 32.3 Å². The average molecular weight is 315 g/mol. The minimum Gasteiger partial charge on any atom is -0.339 e. The summed E-state index contributed by atoms with van der Waals surface area (Å²) in [4.78, 5) is 14.9. The second-order valence-corrected chi connectivity index (χ2v) is 7.07. The predicted molar refractivity (Wildman–Crippen MR) is 88.8 cm³/mol. The van der Waals surface area contributed by atoms with Crippen LogP contribution in [0.5, 0.6) is 0 Å². The molecule has 1 N–H and O–H groups in total. The number of piperidine rings is 2. The van der Waals surface area contributed by atoms with Crippen molar-refractivity contribution in [3.8, 4) is 0 Å². The third kappa shape index (κ3) is 4.35. The molecule has 3 nitrogen and oxygen atoms in total. The fourth-order valence-electron chi connectivity index (χ4n) is 4.58. The summed E-state index contributed by atoms with van der Waals surface area (Å²) in [6.07, 6.45) is 12.4. The Kier molecular flexibility index (Phi) is 6.81. The summed E-state index contributed by atoms with van der Waals surface area (Å²) < 4.78 is 0. The van der Waals surface area contributed by atoms with Crippen LogP contribution in [-0.2, 0) is 4.79 Å². The average Bonchev–Trinajstić information content (AvgIpc) is 2.53. The van der Waals surface area contributed by atoms with Gasteiger partial charge in [-0.3, -0.25) is 4.79 Å². The van der Waals surface area contributed by atoms with Gasteiger partial charge in [0.15, 0.2) is 0 Å². The van der Waals surface area contributed by atoms with Crippen LogP contribution >= 0.6 is 12.4 Å². The van der Waals surface area contributed by atoms with E-state index in [9.17, 15) is 4.79 Å². The molecule has 0 aromatic carbocycles. The number of fused-ring (bicyclic) bond motifs is 1. The zero-order chi connectivity index (χ0) is 13.8. The van der Waals surface area contributed by atoms with Crippen molar-refractivity contribution < 1.29 is 4.79 Å². The van der Waals surface area contributed by atoms with Crippen LogP contribution in [0.25, 0.3) is 0 Å². The molecular weight excluding hydrogens is 284 g/mol. The molecule has 0 aromatic rings. The molecule has 3 rings (SSSR count). The van der Waals surface area contributed by atoms with E-state index in [0.29, 0.717) is 11.9 Å². The lowest BCUT2D eigenvalue weighted by atomic mass is 9.78. The van der Waals surface area contributed by atoms with Crippen LogP contribution < -0.4 is 5.32 Å². The smallest absolute Gasteiger partial charge is 0.222 e. The molecule has 2 unspecified atom stereocenters. The zero-order valence-electron chi connectivity index (χ0n) is 13.2. The number of carbonyl (C=O) groups excluding carboxylic acids is 1. The molecular formula is C17H31ClN2O. The van der Waals surface area contributed by atoms with Crippen LogP contribution in [-0.4, -0.2) is 36.5 Å². The summed E-state index contributed by atoms with van der Waals surface area (Å²) in [6, 6.07) is 0.595. The Bertz CT molecular complexity index is 329. The monoisotopic (exact) mass is 314 g/mol. The first-order valence-corrected chi connectivity index (χ1v) is 8.85. The number of halogens is 1. The first-order valence-electron chi connectivity index (χ1n) is 8.85. The molecule has 0 radical (unpaired) electrons. The molecule has 2 saturated heterocycles. The highest BCUT2D eigenvalue weighted by atomic mass is 35.5. The largest absolute Gasteiger partial charge is 0.339 e. The number of rotatable bonds is 3. The number of hydrogen-bond acceptors (Lipinski definition) is 2. The number of nitrogens with zero attached hydrogens (tertiary/aromatic N) is 1. The second kappa shape index (κ2) is 8.38. The Balaban J connectivity index is 0.00000161. The lowest BCUT2D eigenvalue weighted by Gasteiger charge is -2.44. The highest BCUT2D eigenvalue weighted by Crippen LogP contribution is 2.35. The van der Waals surface area contributed by atoms with Crippen molar-refractivity contribution in [1.29, 1.82) is 0 Å². The first-order chi connectivity index (χ1) is 9.84. The van der Waals surface area contributed by atoms with E-state index in [-0.39, 0.29) is 12.4 Å². The molecule has 3 aliphatic rings. The molecule has 1 amide bonds. The van der Waals surface area contributed by atoms with E-state index in [4.69, 9.17) is 0 Å². The maximum atomic E-state index is 12.6. The molecule has 1 aliphatic carbocycles. The molecule has 3 fully saturated rings. The molecule has 122 valence electrons. The predicted octanol–water partition coefficient (Wildman–Crippen LogP) is 3.37. The molecule has 2 aliphatic heterocycles. The van der Waals surface area contributed by atoms with E-state index >= 15 is 0 Å². The van der Waals surface area contributed by atoms with Crippen molar-refractivity contribution in [3.05, 3.63) is 0 Å². The Hall–Kier alpha value is -0.280. The highest BCUT2D eigenvalue weighted by Gasteiger charge is 2.35. The molecule has 1 saturated carbocycles. The fraction of sp³-hybridized carbons (Fsp3) is 0.941. The van der Waals surface area contributed by atoms with E-state index in [1.807, 2.05) is 0 Å². The number of likely N-dealkylation sites (tertiary alicyclic amines) is 1. The molecule has 21 heavy (non-hydrogen) atoms. The molecule has 0 bridgehead atoms. The van der Waals surface area contributed by atoms with Gasteiger partial charge in [-0.15, -0.1) is 12.4 Å². The van der Waals surface area contributed by atoms with Gasteiger partial charge in [0.2, 0.25) is 5.91 Å². The SMILES string of the molecule is Cl.O=C(CCC1CCNCC1)N1CCCC2CCCCC21. The number of amides is 1. The minimum absolute atomic E-state index is 0. The van der Waals surface area contributed by atoms with E-state index in [0.717, 1.165) is 44.3 Å². The molecule has 4 heteroatoms. The van der Waals surface area contributed by atoms with Crippen LogP contribution in [0, 0.1) is 11.8 Å². The van der Waals surface area contributed by atoms with Crippen molar-refractivity contribution >= 4 is 18.3 Å². The summed E-state index contributed by atoms with van der Waals surface area (Å²) in [5.74, 6) is 2.06. The van der Waals surface area contributed by atoms with Gasteiger partial charge in [-0.25, -0.2) is 0 Å². The molecule has 2 heterocycles. The normalized spacial score (nSPS) is 30.4. The van der Waals surface area contributed by atoms with Gasteiger partial charge < -0.3 is 10.2 Å². The Morgan fingerprint density at radius 1 is 1.00 bits per heavy atom. The Morgan fingerprint density at radius 2 is 1.71 bits per heavy atom. The van der Waals surface area contributed by atoms with Gasteiger partial charge in [-0.1, -0.05) is 12.8 Å². The van der Waals surface area contributed by atoms with Crippen LogP contribution in [0.1, 0.15) is 64.2 Å². The number of hydrogen-bond donors (Lipinski definition) is 1. The maximum absolute atomic E-state index is 12.6. The van der Waals surface area contributed by atoms with Crippen LogP contribution in [0.2, 0.25) is 0 Å². The summed E-state index contributed by atoms with van der Waals surface area (Å²) in [5.41, 5.74) is 0. The van der Waals surface area contributed by atoms with Crippen molar-refractivity contribution in [2.45, 2.75) is 70.3 Å². The van der Waals surface area contributed by atoms with Gasteiger partial charge in [0.1, 0.15) is 0 Å². The number of carbonyl (C=O) groups is 1. The Labute approximate surface area is 135 Å². The van der Waals surface area contributed by atoms with Gasteiger partial charge in [-0.05, 0) is 69.9 Å². The van der Waals surface area contributed by atoms with E-state index in [1.54, 1.807) is 0 Å². The van der Waals surface area contributed by atoms with E-state index < -0.39 is 0 Å². The minimum atomic E-state index is 0. The van der Waals surface area contributed by atoms with Crippen LogP contribution in [0.4, 0.5) is 0 Å². The van der Waals surface area contributed by atoms with Crippen molar-refractivity contribution in [2.75, 3.05) is 19.6 Å². The van der Waals surface area contributed by atoms with Crippen LogP contribution in [0.3, 0.4) is 0 Å². The lowest BCUT2D eigenvalue weighted by molar-refractivity contribution is -0.137. The van der Waals surface area contributed by atoms with Crippen molar-refractivity contribution in [2.24, 2.45) is 11.8 Å². The Morgan fingerprint density at radius 3 is 2.52 bits per heavy atom. The highest BCUT2D eigenvalue weighted by molar-refractivity contribution is 5.85. The van der Waals surface area contributed by atoms with Gasteiger partial charge in [0.05, 0.1) is 0 Å².